The maximum absolute atomic E-state index is 15.0. The van der Waals surface area contributed by atoms with Crippen LogP contribution in [0.1, 0.15) is 27.5 Å². The SMILES string of the molecule is Cc1ccc(C(=O)C2Sc3nnc(-c4ccc(Cl)cc4Cl)n3NC2c2c(F)cccc2Cl)cc1. The van der Waals surface area contributed by atoms with Crippen molar-refractivity contribution >= 4 is 52.3 Å². The molecule has 0 bridgehead atoms. The summed E-state index contributed by atoms with van der Waals surface area (Å²) in [6.07, 6.45) is 0. The third kappa shape index (κ3) is 4.18. The van der Waals surface area contributed by atoms with E-state index < -0.39 is 17.1 Å². The Morgan fingerprint density at radius 2 is 1.79 bits per heavy atom. The number of hydrogen-bond donors (Lipinski definition) is 1. The first-order valence-corrected chi connectivity index (χ1v) is 12.2. The molecular formula is C24H16Cl3FN4OS. The van der Waals surface area contributed by atoms with Gasteiger partial charge in [-0.3, -0.25) is 4.79 Å². The summed E-state index contributed by atoms with van der Waals surface area (Å²) in [6, 6.07) is 15.9. The normalized spacial score (nSPS) is 17.2. The summed E-state index contributed by atoms with van der Waals surface area (Å²) in [5, 5.41) is 9.29. The number of thioether (sulfide) groups is 1. The molecule has 0 spiro atoms. The molecule has 0 saturated carbocycles. The fourth-order valence-corrected chi connectivity index (χ4v) is 5.72. The van der Waals surface area contributed by atoms with Gasteiger partial charge >= 0.3 is 0 Å². The van der Waals surface area contributed by atoms with Crippen LogP contribution in [0.15, 0.2) is 65.8 Å². The molecule has 0 amide bonds. The first-order chi connectivity index (χ1) is 16.3. The summed E-state index contributed by atoms with van der Waals surface area (Å²) in [5.41, 5.74) is 5.54. The summed E-state index contributed by atoms with van der Waals surface area (Å²) in [6.45, 7) is 1.94. The van der Waals surface area contributed by atoms with Gasteiger partial charge in [-0.1, -0.05) is 82.5 Å². The van der Waals surface area contributed by atoms with Gasteiger partial charge in [0.15, 0.2) is 11.6 Å². The summed E-state index contributed by atoms with van der Waals surface area (Å²) < 4.78 is 16.6. The zero-order valence-corrected chi connectivity index (χ0v) is 20.7. The van der Waals surface area contributed by atoms with Crippen molar-refractivity contribution in [3.63, 3.8) is 0 Å². The molecular weight excluding hydrogens is 518 g/mol. The minimum absolute atomic E-state index is 0.179. The van der Waals surface area contributed by atoms with Crippen molar-refractivity contribution in [3.8, 4) is 11.4 Å². The van der Waals surface area contributed by atoms with Crippen LogP contribution in [0.5, 0.6) is 0 Å². The van der Waals surface area contributed by atoms with E-state index in [1.807, 2.05) is 19.1 Å². The molecule has 2 heterocycles. The summed E-state index contributed by atoms with van der Waals surface area (Å²) in [5.74, 6) is -0.292. The van der Waals surface area contributed by atoms with Gasteiger partial charge < -0.3 is 5.43 Å². The number of fused-ring (bicyclic) bond motifs is 1. The second-order valence-corrected chi connectivity index (χ2v) is 10.1. The van der Waals surface area contributed by atoms with Gasteiger partial charge in [0.1, 0.15) is 11.1 Å². The van der Waals surface area contributed by atoms with E-state index in [9.17, 15) is 4.79 Å². The molecule has 2 unspecified atom stereocenters. The molecule has 4 aromatic rings. The Morgan fingerprint density at radius 1 is 1.03 bits per heavy atom. The average Bonchev–Trinajstić information content (AvgIpc) is 3.21. The first-order valence-electron chi connectivity index (χ1n) is 10.2. The standard InChI is InChI=1S/C24H16Cl3FN4OS/c1-12-5-7-13(8-6-12)21(33)22-20(19-16(26)3-2-4-18(19)28)31-32-23(29-30-24(32)34-22)15-10-9-14(25)11-17(15)27/h2-11,20,22,31H,1H3. The van der Waals surface area contributed by atoms with E-state index in [-0.39, 0.29) is 16.4 Å². The lowest BCUT2D eigenvalue weighted by Gasteiger charge is -2.33. The van der Waals surface area contributed by atoms with Crippen LogP contribution in [0.25, 0.3) is 11.4 Å². The van der Waals surface area contributed by atoms with Crippen LogP contribution in [0.4, 0.5) is 4.39 Å². The Bertz CT molecular complexity index is 1390. The number of nitrogens with zero attached hydrogens (tertiary/aromatic N) is 3. The zero-order chi connectivity index (χ0) is 24.0. The predicted octanol–water partition coefficient (Wildman–Crippen LogP) is 6.99. The molecule has 1 aliphatic heterocycles. The molecule has 0 radical (unpaired) electrons. The maximum atomic E-state index is 15.0. The minimum Gasteiger partial charge on any atom is -0.313 e. The molecule has 1 aromatic heterocycles. The number of carbonyl (C=O) groups excluding carboxylic acids is 1. The fourth-order valence-electron chi connectivity index (χ4n) is 3.81. The smallest absolute Gasteiger partial charge is 0.211 e. The Morgan fingerprint density at radius 3 is 2.50 bits per heavy atom. The van der Waals surface area contributed by atoms with Crippen LogP contribution in [0.3, 0.4) is 0 Å². The number of hydrogen-bond acceptors (Lipinski definition) is 5. The van der Waals surface area contributed by atoms with Crippen molar-refractivity contribution in [3.05, 3.63) is 98.2 Å². The second-order valence-electron chi connectivity index (χ2n) is 7.78. The molecule has 34 heavy (non-hydrogen) atoms. The molecule has 10 heteroatoms. The molecule has 0 saturated heterocycles. The maximum Gasteiger partial charge on any atom is 0.211 e. The monoisotopic (exact) mass is 532 g/mol. The number of benzene rings is 3. The van der Waals surface area contributed by atoms with Gasteiger partial charge in [-0.25, -0.2) is 9.07 Å². The topological polar surface area (TPSA) is 59.8 Å². The molecule has 0 fully saturated rings. The molecule has 5 rings (SSSR count). The number of carbonyl (C=O) groups is 1. The van der Waals surface area contributed by atoms with Crippen LogP contribution < -0.4 is 5.43 Å². The summed E-state index contributed by atoms with van der Waals surface area (Å²) in [7, 11) is 0. The van der Waals surface area contributed by atoms with Crippen LogP contribution in [0.2, 0.25) is 15.1 Å². The zero-order valence-electron chi connectivity index (χ0n) is 17.6. The van der Waals surface area contributed by atoms with Gasteiger partial charge in [0.05, 0.1) is 11.1 Å². The molecule has 0 aliphatic carbocycles. The third-order valence-corrected chi connectivity index (χ3v) is 7.61. The van der Waals surface area contributed by atoms with Gasteiger partial charge in [-0.15, -0.1) is 10.2 Å². The van der Waals surface area contributed by atoms with Crippen LogP contribution in [0, 0.1) is 12.7 Å². The number of rotatable bonds is 4. The van der Waals surface area contributed by atoms with Gasteiger partial charge in [0.25, 0.3) is 0 Å². The van der Waals surface area contributed by atoms with Gasteiger partial charge in [0.2, 0.25) is 5.16 Å². The predicted molar refractivity (Wildman–Crippen MR) is 134 cm³/mol. The van der Waals surface area contributed by atoms with E-state index in [0.29, 0.717) is 32.2 Å². The molecule has 2 atom stereocenters. The quantitative estimate of drug-likeness (QED) is 0.286. The number of Topliss-reactive ketones (excluding diaryl/α,β-unsaturated/α-hetero) is 1. The fraction of sp³-hybridized carbons (Fsp3) is 0.125. The van der Waals surface area contributed by atoms with Crippen LogP contribution in [-0.2, 0) is 0 Å². The van der Waals surface area contributed by atoms with Crippen molar-refractivity contribution in [2.45, 2.75) is 23.4 Å². The highest BCUT2D eigenvalue weighted by Crippen LogP contribution is 2.43. The Labute approximate surface area is 214 Å². The van der Waals surface area contributed by atoms with Gasteiger partial charge in [-0.2, -0.15) is 0 Å². The van der Waals surface area contributed by atoms with Gasteiger partial charge in [-0.05, 0) is 37.3 Å². The lowest BCUT2D eigenvalue weighted by atomic mass is 9.96. The Balaban J connectivity index is 1.63. The molecule has 5 nitrogen and oxygen atoms in total. The van der Waals surface area contributed by atoms with Crippen molar-refractivity contribution < 1.29 is 9.18 Å². The lowest BCUT2D eigenvalue weighted by Crippen LogP contribution is -2.39. The number of nitrogens with one attached hydrogen (secondary N) is 1. The largest absolute Gasteiger partial charge is 0.313 e. The number of aryl methyl sites for hydroxylation is 1. The van der Waals surface area contributed by atoms with E-state index in [4.69, 9.17) is 34.8 Å². The van der Waals surface area contributed by atoms with E-state index in [1.54, 1.807) is 41.1 Å². The molecule has 3 aromatic carbocycles. The van der Waals surface area contributed by atoms with E-state index in [0.717, 1.165) is 5.56 Å². The molecule has 172 valence electrons. The average molecular weight is 534 g/mol. The Hall–Kier alpha value is -2.58. The minimum atomic E-state index is -0.805. The highest BCUT2D eigenvalue weighted by molar-refractivity contribution is 8.00. The second kappa shape index (κ2) is 9.23. The Kier molecular flexibility index (Phi) is 6.29. The van der Waals surface area contributed by atoms with E-state index in [2.05, 4.69) is 15.6 Å². The molecule has 1 aliphatic rings. The van der Waals surface area contributed by atoms with Crippen molar-refractivity contribution in [1.82, 2.24) is 14.9 Å². The van der Waals surface area contributed by atoms with E-state index >= 15 is 4.39 Å². The number of aromatic nitrogens is 3. The highest BCUT2D eigenvalue weighted by atomic mass is 35.5. The van der Waals surface area contributed by atoms with E-state index in [1.165, 1.54) is 23.9 Å². The first kappa shape index (κ1) is 23.2. The molecule has 1 N–H and O–H groups in total. The number of halogens is 4. The third-order valence-electron chi connectivity index (χ3n) is 5.51. The summed E-state index contributed by atoms with van der Waals surface area (Å²) in [4.78, 5) is 13.6. The highest BCUT2D eigenvalue weighted by Gasteiger charge is 2.40. The van der Waals surface area contributed by atoms with Crippen molar-refractivity contribution in [2.24, 2.45) is 0 Å². The van der Waals surface area contributed by atoms with Crippen LogP contribution >= 0.6 is 46.6 Å². The number of ketones is 1. The van der Waals surface area contributed by atoms with Gasteiger partial charge in [0, 0.05) is 26.7 Å². The van der Waals surface area contributed by atoms with Crippen molar-refractivity contribution in [2.75, 3.05) is 5.43 Å². The summed E-state index contributed by atoms with van der Waals surface area (Å²) >= 11 is 20.1. The van der Waals surface area contributed by atoms with Crippen LogP contribution in [-0.4, -0.2) is 25.9 Å². The lowest BCUT2D eigenvalue weighted by molar-refractivity contribution is 0.0980. The van der Waals surface area contributed by atoms with Crippen molar-refractivity contribution in [1.29, 1.82) is 0 Å².